The van der Waals surface area contributed by atoms with Crippen LogP contribution in [0.4, 0.5) is 0 Å². The van der Waals surface area contributed by atoms with Crippen LogP contribution in [0.3, 0.4) is 0 Å². The molecule has 1 aromatic rings. The number of hydrogen-bond acceptors (Lipinski definition) is 5. The van der Waals surface area contributed by atoms with Gasteiger partial charge in [0.15, 0.2) is 17.3 Å². The number of carbonyl (C=O) groups is 3. The Labute approximate surface area is 258 Å². The Morgan fingerprint density at radius 2 is 1.63 bits per heavy atom. The number of fused-ring (bicyclic) bond motifs is 2. The van der Waals surface area contributed by atoms with E-state index in [1.807, 2.05) is 48.5 Å². The highest BCUT2D eigenvalue weighted by atomic mass is 16.3. The molecular formula is C38H50O5. The number of aliphatic hydroxyl groups excluding tert-OH is 1. The summed E-state index contributed by atoms with van der Waals surface area (Å²) in [5.74, 6) is -2.47. The van der Waals surface area contributed by atoms with Gasteiger partial charge in [-0.1, -0.05) is 60.9 Å². The highest BCUT2D eigenvalue weighted by Crippen LogP contribution is 2.66. The number of phenols is 1. The molecule has 0 aliphatic heterocycles. The van der Waals surface area contributed by atoms with Gasteiger partial charge < -0.3 is 10.2 Å². The molecule has 0 aromatic heterocycles. The number of ketones is 3. The molecule has 0 spiro atoms. The van der Waals surface area contributed by atoms with Crippen LogP contribution in [0.5, 0.6) is 5.75 Å². The van der Waals surface area contributed by atoms with E-state index in [1.165, 1.54) is 12.1 Å². The molecule has 2 saturated carbocycles. The van der Waals surface area contributed by atoms with Crippen molar-refractivity contribution in [2.24, 2.45) is 28.1 Å². The number of benzene rings is 1. The molecule has 0 heterocycles. The number of rotatable bonds is 12. The van der Waals surface area contributed by atoms with Gasteiger partial charge >= 0.3 is 0 Å². The summed E-state index contributed by atoms with van der Waals surface area (Å²) < 4.78 is 0. The minimum atomic E-state index is -1.55. The van der Waals surface area contributed by atoms with Crippen molar-refractivity contribution in [1.82, 2.24) is 0 Å². The predicted octanol–water partition coefficient (Wildman–Crippen LogP) is 9.05. The molecule has 3 rings (SSSR count). The lowest BCUT2D eigenvalue weighted by Crippen LogP contribution is -2.70. The molecule has 0 amide bonds. The van der Waals surface area contributed by atoms with E-state index >= 15 is 4.79 Å². The maximum Gasteiger partial charge on any atom is 0.184 e. The van der Waals surface area contributed by atoms with Crippen molar-refractivity contribution in [2.45, 2.75) is 93.4 Å². The van der Waals surface area contributed by atoms with Gasteiger partial charge in [-0.2, -0.15) is 0 Å². The van der Waals surface area contributed by atoms with E-state index in [9.17, 15) is 19.8 Å². The molecular weight excluding hydrogens is 536 g/mol. The Morgan fingerprint density at radius 3 is 2.16 bits per heavy atom. The second kappa shape index (κ2) is 12.6. The van der Waals surface area contributed by atoms with E-state index < -0.39 is 33.6 Å². The van der Waals surface area contributed by atoms with Gasteiger partial charge in [0.1, 0.15) is 17.1 Å². The SMILES string of the molecule is C=C(C)CC[C@@H]1C[C@]2(C[C@H](CC=C(C)C)C(=C)C)C(=O)/C(=C(/O)c3cccc(O)c3)C(=O)[C@@](CCC(=C)C)(C2=O)C1(C)C. The summed E-state index contributed by atoms with van der Waals surface area (Å²) >= 11 is 0. The summed E-state index contributed by atoms with van der Waals surface area (Å²) in [5, 5.41) is 21.8. The van der Waals surface area contributed by atoms with Crippen molar-refractivity contribution >= 4 is 23.1 Å². The summed E-state index contributed by atoms with van der Waals surface area (Å²) in [6.45, 7) is 26.1. The Bertz CT molecular complexity index is 1420. The Hall–Kier alpha value is -3.47. The van der Waals surface area contributed by atoms with Crippen LogP contribution in [-0.2, 0) is 14.4 Å². The van der Waals surface area contributed by atoms with Crippen LogP contribution < -0.4 is 0 Å². The van der Waals surface area contributed by atoms with Crippen LogP contribution in [-0.4, -0.2) is 27.6 Å². The zero-order valence-corrected chi connectivity index (χ0v) is 27.2. The van der Waals surface area contributed by atoms with Crippen molar-refractivity contribution in [2.75, 3.05) is 0 Å². The standard InChI is InChI=1S/C38H50O5/c1-23(2)14-16-28(26(7)8)21-37-22-29(17-15-24(3)4)36(9,10)38(35(37)43,19-18-25(5)6)34(42)31(33(37)41)32(40)27-12-11-13-30(39)20-27/h11-14,20,28-29,39-40H,3,5,7,15-19,21-22H2,1-2,4,6,8-10H3/b32-31-/t28-,29+,37+,38-/m0/s1. The van der Waals surface area contributed by atoms with Crippen LogP contribution in [0.1, 0.15) is 99.0 Å². The molecule has 0 radical (unpaired) electrons. The molecule has 5 nitrogen and oxygen atoms in total. The zero-order chi connectivity index (χ0) is 32.5. The normalized spacial score (nSPS) is 26.5. The number of Topliss-reactive ketones (excluding diaryl/α,β-unsaturated/α-hetero) is 3. The third-order valence-corrected chi connectivity index (χ3v) is 10.1. The van der Waals surface area contributed by atoms with Crippen LogP contribution in [0.2, 0.25) is 0 Å². The van der Waals surface area contributed by atoms with Gasteiger partial charge in [-0.3, -0.25) is 14.4 Å². The molecule has 43 heavy (non-hydrogen) atoms. The first-order valence-corrected chi connectivity index (χ1v) is 15.4. The number of carbonyl (C=O) groups excluding carboxylic acids is 3. The van der Waals surface area contributed by atoms with E-state index in [2.05, 4.69) is 25.8 Å². The number of hydrogen-bond donors (Lipinski definition) is 2. The van der Waals surface area contributed by atoms with Crippen LogP contribution in [0.25, 0.3) is 5.76 Å². The summed E-state index contributed by atoms with van der Waals surface area (Å²) in [6, 6.07) is 5.88. The average molecular weight is 587 g/mol. The van der Waals surface area contributed by atoms with Crippen molar-refractivity contribution < 1.29 is 24.6 Å². The lowest BCUT2D eigenvalue weighted by Gasteiger charge is -2.61. The molecule has 4 atom stereocenters. The summed E-state index contributed by atoms with van der Waals surface area (Å²) in [5.41, 5.74) is -0.224. The van der Waals surface area contributed by atoms with Crippen molar-refractivity contribution in [1.29, 1.82) is 0 Å². The van der Waals surface area contributed by atoms with Crippen LogP contribution in [0, 0.1) is 28.1 Å². The Kier molecular flexibility index (Phi) is 10.0. The van der Waals surface area contributed by atoms with E-state index in [-0.39, 0.29) is 53.8 Å². The van der Waals surface area contributed by atoms with Gasteiger partial charge in [-0.25, -0.2) is 0 Å². The van der Waals surface area contributed by atoms with Crippen LogP contribution in [0.15, 0.2) is 77.9 Å². The second-order valence-electron chi connectivity index (χ2n) is 14.1. The highest BCUT2D eigenvalue weighted by molar-refractivity contribution is 6.41. The molecule has 2 bridgehead atoms. The predicted molar refractivity (Wildman–Crippen MR) is 174 cm³/mol. The topological polar surface area (TPSA) is 91.7 Å². The molecule has 5 heteroatoms. The van der Waals surface area contributed by atoms with Gasteiger partial charge in [-0.15, -0.1) is 13.2 Å². The van der Waals surface area contributed by atoms with Crippen molar-refractivity contribution in [3.63, 3.8) is 0 Å². The number of aromatic hydroxyl groups is 1. The molecule has 2 aliphatic rings. The molecule has 2 N–H and O–H groups in total. The van der Waals surface area contributed by atoms with Crippen molar-refractivity contribution in [3.8, 4) is 5.75 Å². The zero-order valence-electron chi connectivity index (χ0n) is 27.2. The first-order valence-electron chi connectivity index (χ1n) is 15.4. The molecule has 0 saturated heterocycles. The smallest absolute Gasteiger partial charge is 0.184 e. The first-order chi connectivity index (χ1) is 19.9. The summed E-state index contributed by atoms with van der Waals surface area (Å²) in [4.78, 5) is 44.9. The second-order valence-corrected chi connectivity index (χ2v) is 14.1. The minimum absolute atomic E-state index is 0.104. The lowest BCUT2D eigenvalue weighted by atomic mass is 9.38. The average Bonchev–Trinajstić information content (AvgIpc) is 2.90. The van der Waals surface area contributed by atoms with Crippen LogP contribution >= 0.6 is 0 Å². The number of allylic oxidation sites excluding steroid dienone is 6. The number of phenolic OH excluding ortho intramolecular Hbond substituents is 1. The van der Waals surface area contributed by atoms with E-state index in [0.29, 0.717) is 19.3 Å². The third-order valence-electron chi connectivity index (χ3n) is 10.1. The van der Waals surface area contributed by atoms with E-state index in [0.717, 1.165) is 28.7 Å². The molecule has 232 valence electrons. The fourth-order valence-corrected chi connectivity index (χ4v) is 7.34. The van der Waals surface area contributed by atoms with E-state index in [1.54, 1.807) is 12.1 Å². The third kappa shape index (κ3) is 6.14. The largest absolute Gasteiger partial charge is 0.508 e. The molecule has 0 unspecified atom stereocenters. The number of aliphatic hydroxyl groups is 1. The quantitative estimate of drug-likeness (QED) is 0.0838. The summed E-state index contributed by atoms with van der Waals surface area (Å²) in [6.07, 6.45) is 5.25. The Morgan fingerprint density at radius 1 is 1.00 bits per heavy atom. The monoisotopic (exact) mass is 586 g/mol. The van der Waals surface area contributed by atoms with Gasteiger partial charge in [-0.05, 0) is 109 Å². The fourth-order valence-electron chi connectivity index (χ4n) is 7.34. The highest BCUT2D eigenvalue weighted by Gasteiger charge is 2.74. The van der Waals surface area contributed by atoms with Gasteiger partial charge in [0.25, 0.3) is 0 Å². The fraction of sp³-hybridized carbons (Fsp3) is 0.500. The first kappa shape index (κ1) is 34.0. The molecule has 2 aliphatic carbocycles. The van der Waals surface area contributed by atoms with E-state index in [4.69, 9.17) is 0 Å². The lowest BCUT2D eigenvalue weighted by molar-refractivity contribution is -0.179. The molecule has 2 fully saturated rings. The van der Waals surface area contributed by atoms with Crippen molar-refractivity contribution in [3.05, 3.63) is 83.5 Å². The van der Waals surface area contributed by atoms with Gasteiger partial charge in [0.2, 0.25) is 0 Å². The minimum Gasteiger partial charge on any atom is -0.508 e. The Balaban J connectivity index is 2.42. The maximum absolute atomic E-state index is 15.2. The summed E-state index contributed by atoms with van der Waals surface area (Å²) in [7, 11) is 0. The molecule has 1 aromatic carbocycles. The maximum atomic E-state index is 15.2. The van der Waals surface area contributed by atoms with Gasteiger partial charge in [0.05, 0.1) is 10.8 Å². The van der Waals surface area contributed by atoms with Gasteiger partial charge in [0, 0.05) is 5.56 Å².